The van der Waals surface area contributed by atoms with E-state index in [2.05, 4.69) is 15.9 Å². The second-order valence-corrected chi connectivity index (χ2v) is 5.49. The van der Waals surface area contributed by atoms with Gasteiger partial charge in [0.15, 0.2) is 0 Å². The fourth-order valence-corrected chi connectivity index (χ4v) is 2.01. The van der Waals surface area contributed by atoms with E-state index in [1.807, 2.05) is 24.3 Å². The van der Waals surface area contributed by atoms with Crippen LogP contribution in [0.5, 0.6) is 17.2 Å². The standard InChI is InChI=1S/C12H10O2.C6H5BrO/c13-11-5-1-9(2-6-11)10-3-7-12(14)8-4-10;7-5-1-3-6(8)4-2-5/h1-8,13-14H;1-4,8H. The molecule has 3 aromatic carbocycles. The number of rotatable bonds is 1. The summed E-state index contributed by atoms with van der Waals surface area (Å²) < 4.78 is 0.982. The molecule has 0 fully saturated rings. The van der Waals surface area contributed by atoms with Crippen molar-refractivity contribution in [2.75, 3.05) is 0 Å². The Morgan fingerprint density at radius 3 is 1.00 bits per heavy atom. The lowest BCUT2D eigenvalue weighted by Crippen LogP contribution is -1.75. The van der Waals surface area contributed by atoms with Crippen molar-refractivity contribution in [3.05, 3.63) is 77.3 Å². The number of phenolic OH excluding ortho intramolecular Hbond substituents is 3. The van der Waals surface area contributed by atoms with Crippen molar-refractivity contribution in [3.8, 4) is 28.4 Å². The molecule has 0 radical (unpaired) electrons. The largest absolute Gasteiger partial charge is 0.508 e. The first-order valence-corrected chi connectivity index (χ1v) is 7.37. The van der Waals surface area contributed by atoms with E-state index in [0.29, 0.717) is 5.75 Å². The molecule has 0 heterocycles. The van der Waals surface area contributed by atoms with Crippen LogP contribution < -0.4 is 0 Å². The van der Waals surface area contributed by atoms with Crippen LogP contribution in [0.4, 0.5) is 0 Å². The van der Waals surface area contributed by atoms with Gasteiger partial charge in [-0.2, -0.15) is 0 Å². The summed E-state index contributed by atoms with van der Waals surface area (Å²) in [4.78, 5) is 0. The van der Waals surface area contributed by atoms with Gasteiger partial charge in [0, 0.05) is 4.47 Å². The van der Waals surface area contributed by atoms with Crippen molar-refractivity contribution in [3.63, 3.8) is 0 Å². The highest BCUT2D eigenvalue weighted by molar-refractivity contribution is 9.10. The third kappa shape index (κ3) is 4.82. The van der Waals surface area contributed by atoms with E-state index in [9.17, 15) is 0 Å². The average Bonchev–Trinajstić information content (AvgIpc) is 2.53. The fourth-order valence-electron chi connectivity index (χ4n) is 1.75. The molecule has 0 saturated carbocycles. The third-order valence-corrected chi connectivity index (χ3v) is 3.42. The lowest BCUT2D eigenvalue weighted by molar-refractivity contribution is 0.474. The summed E-state index contributed by atoms with van der Waals surface area (Å²) in [6.45, 7) is 0. The molecule has 4 heteroatoms. The maximum absolute atomic E-state index is 9.11. The van der Waals surface area contributed by atoms with Crippen molar-refractivity contribution in [2.45, 2.75) is 0 Å². The van der Waals surface area contributed by atoms with E-state index < -0.39 is 0 Å². The van der Waals surface area contributed by atoms with Gasteiger partial charge in [-0.15, -0.1) is 0 Å². The molecular formula is C18H15BrO3. The molecule has 0 spiro atoms. The number of phenols is 3. The van der Waals surface area contributed by atoms with Gasteiger partial charge in [0.2, 0.25) is 0 Å². The van der Waals surface area contributed by atoms with E-state index in [4.69, 9.17) is 15.3 Å². The molecule has 0 aliphatic carbocycles. The minimum absolute atomic E-state index is 0.257. The topological polar surface area (TPSA) is 60.7 Å². The van der Waals surface area contributed by atoms with Crippen molar-refractivity contribution < 1.29 is 15.3 Å². The highest BCUT2D eigenvalue weighted by Gasteiger charge is 1.97. The summed E-state index contributed by atoms with van der Waals surface area (Å²) in [5.41, 5.74) is 2.03. The Kier molecular flexibility index (Phi) is 5.44. The minimum Gasteiger partial charge on any atom is -0.508 e. The molecule has 0 bridgehead atoms. The van der Waals surface area contributed by atoms with Gasteiger partial charge in [0.1, 0.15) is 17.2 Å². The third-order valence-electron chi connectivity index (χ3n) is 2.89. The second-order valence-electron chi connectivity index (χ2n) is 4.57. The van der Waals surface area contributed by atoms with Crippen LogP contribution in [0.1, 0.15) is 0 Å². The van der Waals surface area contributed by atoms with Gasteiger partial charge in [0.05, 0.1) is 0 Å². The summed E-state index contributed by atoms with van der Waals surface area (Å²) in [7, 11) is 0. The summed E-state index contributed by atoms with van der Waals surface area (Å²) in [5.74, 6) is 0.813. The number of aromatic hydroxyl groups is 3. The number of hydrogen-bond donors (Lipinski definition) is 3. The van der Waals surface area contributed by atoms with Gasteiger partial charge in [-0.25, -0.2) is 0 Å². The lowest BCUT2D eigenvalue weighted by atomic mass is 10.1. The van der Waals surface area contributed by atoms with Crippen LogP contribution in [-0.4, -0.2) is 15.3 Å². The van der Waals surface area contributed by atoms with Gasteiger partial charge >= 0.3 is 0 Å². The Morgan fingerprint density at radius 2 is 0.727 bits per heavy atom. The van der Waals surface area contributed by atoms with E-state index in [-0.39, 0.29) is 11.5 Å². The molecule has 0 aromatic heterocycles. The zero-order chi connectivity index (χ0) is 15.9. The molecule has 0 atom stereocenters. The molecule has 0 amide bonds. The minimum atomic E-state index is 0.257. The normalized spacial score (nSPS) is 9.68. The molecule has 0 aliphatic heterocycles. The second kappa shape index (κ2) is 7.52. The smallest absolute Gasteiger partial charge is 0.115 e. The van der Waals surface area contributed by atoms with Crippen LogP contribution in [0.2, 0.25) is 0 Å². The van der Waals surface area contributed by atoms with E-state index in [1.165, 1.54) is 0 Å². The number of benzene rings is 3. The summed E-state index contributed by atoms with van der Waals surface area (Å²) >= 11 is 3.23. The number of halogens is 1. The van der Waals surface area contributed by atoms with Crippen molar-refractivity contribution in [2.24, 2.45) is 0 Å². The summed E-state index contributed by atoms with van der Waals surface area (Å²) in [5, 5.41) is 27.0. The number of hydrogen-bond acceptors (Lipinski definition) is 3. The van der Waals surface area contributed by atoms with Crippen molar-refractivity contribution in [1.29, 1.82) is 0 Å². The van der Waals surface area contributed by atoms with Crippen LogP contribution >= 0.6 is 15.9 Å². The quantitative estimate of drug-likeness (QED) is 0.578. The Bertz CT molecular complexity index is 640. The SMILES string of the molecule is Oc1ccc(-c2ccc(O)cc2)cc1.Oc1ccc(Br)cc1. The van der Waals surface area contributed by atoms with Crippen molar-refractivity contribution in [1.82, 2.24) is 0 Å². The summed E-state index contributed by atoms with van der Waals surface area (Å²) in [6.07, 6.45) is 0. The Morgan fingerprint density at radius 1 is 0.455 bits per heavy atom. The van der Waals surface area contributed by atoms with Crippen LogP contribution in [0.3, 0.4) is 0 Å². The average molecular weight is 359 g/mol. The van der Waals surface area contributed by atoms with Crippen LogP contribution in [0, 0.1) is 0 Å². The van der Waals surface area contributed by atoms with Crippen LogP contribution in [0.25, 0.3) is 11.1 Å². The molecule has 3 rings (SSSR count). The Balaban J connectivity index is 0.000000188. The molecule has 3 nitrogen and oxygen atoms in total. The molecule has 0 unspecified atom stereocenters. The van der Waals surface area contributed by atoms with Crippen molar-refractivity contribution >= 4 is 15.9 Å². The van der Waals surface area contributed by atoms with Crippen LogP contribution in [-0.2, 0) is 0 Å². The van der Waals surface area contributed by atoms with E-state index in [0.717, 1.165) is 15.6 Å². The fraction of sp³-hybridized carbons (Fsp3) is 0. The Hall–Kier alpha value is -2.46. The van der Waals surface area contributed by atoms with E-state index >= 15 is 0 Å². The molecule has 0 aliphatic rings. The maximum Gasteiger partial charge on any atom is 0.115 e. The first-order valence-electron chi connectivity index (χ1n) is 6.57. The molecule has 3 aromatic rings. The molecular weight excluding hydrogens is 344 g/mol. The monoisotopic (exact) mass is 358 g/mol. The van der Waals surface area contributed by atoms with Gasteiger partial charge < -0.3 is 15.3 Å². The highest BCUT2D eigenvalue weighted by Crippen LogP contribution is 2.23. The van der Waals surface area contributed by atoms with Gasteiger partial charge in [-0.1, -0.05) is 40.2 Å². The zero-order valence-corrected chi connectivity index (χ0v) is 13.2. The first-order chi connectivity index (χ1) is 10.5. The van der Waals surface area contributed by atoms with Crippen LogP contribution in [0.15, 0.2) is 77.3 Å². The predicted octanol–water partition coefficient (Wildman–Crippen LogP) is 4.92. The van der Waals surface area contributed by atoms with Gasteiger partial charge in [-0.3, -0.25) is 0 Å². The molecule has 112 valence electrons. The molecule has 0 saturated heterocycles. The maximum atomic E-state index is 9.11. The highest BCUT2D eigenvalue weighted by atomic mass is 79.9. The lowest BCUT2D eigenvalue weighted by Gasteiger charge is -2.01. The molecule has 3 N–H and O–H groups in total. The van der Waals surface area contributed by atoms with Gasteiger partial charge in [0.25, 0.3) is 0 Å². The first kappa shape index (κ1) is 15.9. The van der Waals surface area contributed by atoms with E-state index in [1.54, 1.807) is 48.5 Å². The van der Waals surface area contributed by atoms with Gasteiger partial charge in [-0.05, 0) is 59.7 Å². The summed E-state index contributed by atoms with van der Waals surface area (Å²) in [6, 6.07) is 20.7. The Labute approximate surface area is 137 Å². The predicted molar refractivity (Wildman–Crippen MR) is 91.0 cm³/mol. The zero-order valence-electron chi connectivity index (χ0n) is 11.6. The molecule has 22 heavy (non-hydrogen) atoms.